The molecule has 0 aromatic heterocycles. The molecule has 0 radical (unpaired) electrons. The van der Waals surface area contributed by atoms with Gasteiger partial charge in [-0.05, 0) is 37.8 Å². The van der Waals surface area contributed by atoms with Crippen molar-refractivity contribution in [2.24, 2.45) is 5.41 Å². The van der Waals surface area contributed by atoms with E-state index < -0.39 is 0 Å². The molecular formula is C17H25N3O2. The van der Waals surface area contributed by atoms with Crippen LogP contribution in [0.2, 0.25) is 0 Å². The van der Waals surface area contributed by atoms with E-state index >= 15 is 0 Å². The van der Waals surface area contributed by atoms with Gasteiger partial charge in [0.15, 0.2) is 0 Å². The number of hydrogen-bond donors (Lipinski definition) is 3. The molecule has 22 heavy (non-hydrogen) atoms. The second kappa shape index (κ2) is 6.57. The number of carbonyl (C=O) groups is 1. The molecule has 0 bridgehead atoms. The Morgan fingerprint density at radius 2 is 1.91 bits per heavy atom. The van der Waals surface area contributed by atoms with E-state index in [1.54, 1.807) is 0 Å². The number of nitrogens with one attached hydrogen (secondary N) is 2. The predicted octanol–water partition coefficient (Wildman–Crippen LogP) is 1.73. The van der Waals surface area contributed by atoms with Gasteiger partial charge in [-0.1, -0.05) is 18.2 Å². The fraction of sp³-hybridized carbons (Fsp3) is 0.588. The molecule has 1 saturated carbocycles. The largest absolute Gasteiger partial charge is 0.396 e. The standard InChI is InChI=1S/C17H25N3O2/c21-13-17(8-9-17)12-18-16(22)19-14-6-10-20(11-7-14)15-4-2-1-3-5-15/h1-5,14,21H,6-13H2,(H2,18,19,22). The third-order valence-corrected chi connectivity index (χ3v) is 4.87. The third kappa shape index (κ3) is 3.71. The lowest BCUT2D eigenvalue weighted by Gasteiger charge is -2.34. The summed E-state index contributed by atoms with van der Waals surface area (Å²) in [6.07, 6.45) is 3.96. The van der Waals surface area contributed by atoms with Crippen LogP contribution >= 0.6 is 0 Å². The monoisotopic (exact) mass is 303 g/mol. The summed E-state index contributed by atoms with van der Waals surface area (Å²) in [5.41, 5.74) is 1.22. The van der Waals surface area contributed by atoms with Crippen molar-refractivity contribution in [3.63, 3.8) is 0 Å². The van der Waals surface area contributed by atoms with E-state index in [1.807, 2.05) is 6.07 Å². The Bertz CT molecular complexity index is 494. The zero-order valence-electron chi connectivity index (χ0n) is 12.9. The Kier molecular flexibility index (Phi) is 4.52. The van der Waals surface area contributed by atoms with Gasteiger partial charge in [0.1, 0.15) is 0 Å². The number of aliphatic hydroxyl groups is 1. The number of aliphatic hydroxyl groups excluding tert-OH is 1. The van der Waals surface area contributed by atoms with Crippen LogP contribution in [0.1, 0.15) is 25.7 Å². The van der Waals surface area contributed by atoms with E-state index in [4.69, 9.17) is 0 Å². The van der Waals surface area contributed by atoms with Crippen LogP contribution in [0.4, 0.5) is 10.5 Å². The van der Waals surface area contributed by atoms with Gasteiger partial charge in [-0.2, -0.15) is 0 Å². The quantitative estimate of drug-likeness (QED) is 0.776. The smallest absolute Gasteiger partial charge is 0.315 e. The molecule has 1 aromatic rings. The molecule has 5 heteroatoms. The fourth-order valence-electron chi connectivity index (χ4n) is 2.99. The molecule has 0 atom stereocenters. The summed E-state index contributed by atoms with van der Waals surface area (Å²) < 4.78 is 0. The second-order valence-corrected chi connectivity index (χ2v) is 6.58. The topological polar surface area (TPSA) is 64.6 Å². The van der Waals surface area contributed by atoms with Crippen molar-refractivity contribution in [3.8, 4) is 0 Å². The maximum atomic E-state index is 11.9. The summed E-state index contributed by atoms with van der Waals surface area (Å²) in [4.78, 5) is 14.3. The van der Waals surface area contributed by atoms with Crippen LogP contribution in [-0.2, 0) is 0 Å². The third-order valence-electron chi connectivity index (χ3n) is 4.87. The van der Waals surface area contributed by atoms with Crippen molar-refractivity contribution in [3.05, 3.63) is 30.3 Å². The molecule has 1 saturated heterocycles. The van der Waals surface area contributed by atoms with E-state index in [9.17, 15) is 9.90 Å². The minimum absolute atomic E-state index is 0.0337. The van der Waals surface area contributed by atoms with E-state index in [0.29, 0.717) is 6.54 Å². The van der Waals surface area contributed by atoms with Gasteiger partial charge in [-0.25, -0.2) is 4.79 Å². The number of nitrogens with zero attached hydrogens (tertiary/aromatic N) is 1. The highest BCUT2D eigenvalue weighted by atomic mass is 16.3. The summed E-state index contributed by atoms with van der Waals surface area (Å²) in [5, 5.41) is 15.2. The molecule has 1 aliphatic carbocycles. The summed E-state index contributed by atoms with van der Waals surface area (Å²) >= 11 is 0. The molecule has 3 N–H and O–H groups in total. The number of urea groups is 1. The van der Waals surface area contributed by atoms with Gasteiger partial charge in [0.2, 0.25) is 0 Å². The SMILES string of the molecule is O=C(NCC1(CO)CC1)NC1CCN(c2ccccc2)CC1. The summed E-state index contributed by atoms with van der Waals surface area (Å²) in [6, 6.07) is 10.5. The van der Waals surface area contributed by atoms with Gasteiger partial charge >= 0.3 is 6.03 Å². The molecule has 1 aliphatic heterocycles. The molecule has 2 aliphatic rings. The van der Waals surface area contributed by atoms with E-state index in [1.165, 1.54) is 5.69 Å². The van der Waals surface area contributed by atoms with Crippen molar-refractivity contribution in [2.45, 2.75) is 31.7 Å². The number of hydrogen-bond acceptors (Lipinski definition) is 3. The Balaban J connectivity index is 1.39. The number of benzene rings is 1. The van der Waals surface area contributed by atoms with Gasteiger partial charge in [0, 0.05) is 36.8 Å². The normalized spacial score (nSPS) is 20.5. The maximum Gasteiger partial charge on any atom is 0.315 e. The van der Waals surface area contributed by atoms with E-state index in [2.05, 4.69) is 39.8 Å². The number of carbonyl (C=O) groups excluding carboxylic acids is 1. The zero-order valence-corrected chi connectivity index (χ0v) is 12.9. The van der Waals surface area contributed by atoms with Crippen molar-refractivity contribution in [1.29, 1.82) is 0 Å². The lowest BCUT2D eigenvalue weighted by Crippen LogP contribution is -2.49. The van der Waals surface area contributed by atoms with Crippen molar-refractivity contribution in [1.82, 2.24) is 10.6 Å². The number of anilines is 1. The van der Waals surface area contributed by atoms with E-state index in [-0.39, 0.29) is 24.1 Å². The van der Waals surface area contributed by atoms with Gasteiger partial charge < -0.3 is 20.6 Å². The molecule has 2 amide bonds. The lowest BCUT2D eigenvalue weighted by atomic mass is 10.0. The lowest BCUT2D eigenvalue weighted by molar-refractivity contribution is 0.201. The van der Waals surface area contributed by atoms with Gasteiger partial charge in [-0.15, -0.1) is 0 Å². The zero-order chi connectivity index (χ0) is 15.4. The number of piperidine rings is 1. The van der Waals surface area contributed by atoms with Crippen molar-refractivity contribution in [2.75, 3.05) is 31.1 Å². The van der Waals surface area contributed by atoms with Crippen LogP contribution in [0.5, 0.6) is 0 Å². The molecule has 1 aromatic carbocycles. The number of rotatable bonds is 5. The van der Waals surface area contributed by atoms with Crippen LogP contribution in [0.3, 0.4) is 0 Å². The average Bonchev–Trinajstić information content (AvgIpc) is 3.35. The predicted molar refractivity (Wildman–Crippen MR) is 87.0 cm³/mol. The molecule has 5 nitrogen and oxygen atoms in total. The number of para-hydroxylation sites is 1. The molecule has 3 rings (SSSR count). The average molecular weight is 303 g/mol. The van der Waals surface area contributed by atoms with E-state index in [0.717, 1.165) is 38.8 Å². The molecule has 1 heterocycles. The molecule has 120 valence electrons. The van der Waals surface area contributed by atoms with Gasteiger partial charge in [0.05, 0.1) is 6.61 Å². The first-order chi connectivity index (χ1) is 10.7. The first kappa shape index (κ1) is 15.2. The highest BCUT2D eigenvalue weighted by Gasteiger charge is 2.42. The molecular weight excluding hydrogens is 278 g/mol. The molecule has 2 fully saturated rings. The Morgan fingerprint density at radius 1 is 1.23 bits per heavy atom. The molecule has 0 unspecified atom stereocenters. The Labute approximate surface area is 131 Å². The molecule has 0 spiro atoms. The number of amides is 2. The van der Waals surface area contributed by atoms with Gasteiger partial charge in [0.25, 0.3) is 0 Å². The highest BCUT2D eigenvalue weighted by Crippen LogP contribution is 2.44. The Hall–Kier alpha value is -1.75. The van der Waals surface area contributed by atoms with Gasteiger partial charge in [-0.3, -0.25) is 0 Å². The minimum Gasteiger partial charge on any atom is -0.396 e. The van der Waals surface area contributed by atoms with Crippen LogP contribution in [0, 0.1) is 5.41 Å². The fourth-order valence-corrected chi connectivity index (χ4v) is 2.99. The summed E-state index contributed by atoms with van der Waals surface area (Å²) in [6.45, 7) is 2.69. The second-order valence-electron chi connectivity index (χ2n) is 6.58. The van der Waals surface area contributed by atoms with Crippen molar-refractivity contribution < 1.29 is 9.90 Å². The summed E-state index contributed by atoms with van der Waals surface area (Å²) in [7, 11) is 0. The minimum atomic E-state index is -0.0992. The van der Waals surface area contributed by atoms with Crippen molar-refractivity contribution >= 4 is 11.7 Å². The highest BCUT2D eigenvalue weighted by molar-refractivity contribution is 5.74. The first-order valence-corrected chi connectivity index (χ1v) is 8.16. The maximum absolute atomic E-state index is 11.9. The van der Waals surface area contributed by atoms with Crippen LogP contribution < -0.4 is 15.5 Å². The summed E-state index contributed by atoms with van der Waals surface area (Å²) in [5.74, 6) is 0. The first-order valence-electron chi connectivity index (χ1n) is 8.16. The van der Waals surface area contributed by atoms with Crippen LogP contribution in [-0.4, -0.2) is 43.4 Å². The van der Waals surface area contributed by atoms with Crippen LogP contribution in [0.15, 0.2) is 30.3 Å². The van der Waals surface area contributed by atoms with Crippen LogP contribution in [0.25, 0.3) is 0 Å². The Morgan fingerprint density at radius 3 is 2.50 bits per heavy atom.